The minimum atomic E-state index is 0.291. The molecule has 1 unspecified atom stereocenters. The number of hydrogen-bond donors (Lipinski definition) is 0. The van der Waals surface area contributed by atoms with Crippen molar-refractivity contribution >= 4 is 32.7 Å². The van der Waals surface area contributed by atoms with Gasteiger partial charge in [-0.3, -0.25) is 0 Å². The fourth-order valence-electron chi connectivity index (χ4n) is 9.26. The summed E-state index contributed by atoms with van der Waals surface area (Å²) in [5.74, 6) is 0.291. The zero-order chi connectivity index (χ0) is 45.1. The van der Waals surface area contributed by atoms with E-state index in [4.69, 9.17) is 0 Å². The van der Waals surface area contributed by atoms with Crippen LogP contribution in [0.3, 0.4) is 0 Å². The minimum Gasteiger partial charge on any atom is -0.0952 e. The molecule has 0 N–H and O–H groups in total. The normalized spacial score (nSPS) is 15.9. The van der Waals surface area contributed by atoms with Gasteiger partial charge in [-0.15, -0.1) is 0 Å². The second-order valence-corrected chi connectivity index (χ2v) is 17.1. The van der Waals surface area contributed by atoms with Crippen molar-refractivity contribution < 1.29 is 0 Å². The quantitative estimate of drug-likeness (QED) is 0.146. The molecule has 0 aromatic heterocycles. The third kappa shape index (κ3) is 10.0. The van der Waals surface area contributed by atoms with Crippen molar-refractivity contribution in [1.82, 2.24) is 0 Å². The van der Waals surface area contributed by atoms with Gasteiger partial charge in [0.05, 0.1) is 0 Å². The van der Waals surface area contributed by atoms with Crippen LogP contribution in [0.2, 0.25) is 0 Å². The number of aryl methyl sites for hydroxylation is 2. The first-order valence-electron chi connectivity index (χ1n) is 23.8. The van der Waals surface area contributed by atoms with E-state index in [0.29, 0.717) is 5.92 Å². The lowest BCUT2D eigenvalue weighted by Crippen LogP contribution is -1.99. The Kier molecular flexibility index (Phi) is 14.5. The molecule has 322 valence electrons. The molecule has 0 heteroatoms. The van der Waals surface area contributed by atoms with Crippen LogP contribution in [0.5, 0.6) is 0 Å². The first-order chi connectivity index (χ1) is 31.9. The molecule has 0 aliphatic heterocycles. The summed E-state index contributed by atoms with van der Waals surface area (Å²) in [6, 6.07) is 62.7. The Bertz CT molecular complexity index is 2960. The Morgan fingerprint density at radius 3 is 1.46 bits per heavy atom. The Morgan fingerprint density at radius 2 is 0.938 bits per heavy atom. The van der Waals surface area contributed by atoms with Crippen molar-refractivity contribution in [2.75, 3.05) is 0 Å². The topological polar surface area (TPSA) is 0 Å². The maximum absolute atomic E-state index is 4.43. The molecular formula is C65H62. The van der Waals surface area contributed by atoms with Crippen molar-refractivity contribution in [3.8, 4) is 33.4 Å². The Labute approximate surface area is 388 Å². The first kappa shape index (κ1) is 44.6. The maximum atomic E-state index is 4.43. The van der Waals surface area contributed by atoms with Crippen LogP contribution >= 0.6 is 0 Å². The van der Waals surface area contributed by atoms with Gasteiger partial charge in [0.15, 0.2) is 0 Å². The molecular weight excluding hydrogens is 781 g/mol. The smallest absolute Gasteiger partial charge is 0.00579 e. The number of fused-ring (bicyclic) bond motifs is 3. The van der Waals surface area contributed by atoms with Gasteiger partial charge < -0.3 is 0 Å². The predicted molar refractivity (Wildman–Crippen MR) is 285 cm³/mol. The summed E-state index contributed by atoms with van der Waals surface area (Å²) in [5, 5.41) is 5.07. The molecule has 0 saturated heterocycles. The second-order valence-electron chi connectivity index (χ2n) is 17.1. The van der Waals surface area contributed by atoms with Crippen molar-refractivity contribution in [2.24, 2.45) is 0 Å². The molecule has 2 aliphatic carbocycles. The van der Waals surface area contributed by atoms with E-state index in [1.165, 1.54) is 106 Å². The van der Waals surface area contributed by atoms with Crippen LogP contribution in [-0.4, -0.2) is 0 Å². The number of allylic oxidation sites excluding steroid dienone is 9. The molecule has 0 bridgehead atoms. The SMILES string of the molecule is C=C1/C=C\C(c2ccc(-c3c4ccccc4c(-c4ccc(-c5ccc(C6=CCCCC=C6)cc5)cc4)c4ccccc34)cc2)=C/Cc2ccccc2C1C.CC.CCc1ccc(C)cc1. The van der Waals surface area contributed by atoms with Gasteiger partial charge in [0, 0.05) is 5.92 Å². The van der Waals surface area contributed by atoms with Crippen LogP contribution in [-0.2, 0) is 12.8 Å². The van der Waals surface area contributed by atoms with Crippen LogP contribution in [0.1, 0.15) is 86.3 Å². The lowest BCUT2D eigenvalue weighted by atomic mass is 9.85. The minimum absolute atomic E-state index is 0.291. The van der Waals surface area contributed by atoms with E-state index in [2.05, 4.69) is 234 Å². The largest absolute Gasteiger partial charge is 0.0952 e. The van der Waals surface area contributed by atoms with E-state index in [9.17, 15) is 0 Å². The predicted octanol–water partition coefficient (Wildman–Crippen LogP) is 18.6. The highest BCUT2D eigenvalue weighted by atomic mass is 14.2. The van der Waals surface area contributed by atoms with E-state index in [1.807, 2.05) is 13.8 Å². The highest BCUT2D eigenvalue weighted by Gasteiger charge is 2.18. The Hall–Kier alpha value is -7.02. The summed E-state index contributed by atoms with van der Waals surface area (Å²) in [6.45, 7) is 15.0. The molecule has 1 atom stereocenters. The lowest BCUT2D eigenvalue weighted by Gasteiger charge is -2.18. The van der Waals surface area contributed by atoms with E-state index in [1.54, 1.807) is 0 Å². The molecule has 10 rings (SSSR count). The summed E-state index contributed by atoms with van der Waals surface area (Å²) >= 11 is 0. The monoisotopic (exact) mass is 842 g/mol. The van der Waals surface area contributed by atoms with E-state index >= 15 is 0 Å². The fraction of sp³-hybridized carbons (Fsp3) is 0.169. The van der Waals surface area contributed by atoms with Gasteiger partial charge in [-0.1, -0.05) is 246 Å². The Balaban J connectivity index is 0.000000465. The molecule has 8 aromatic rings. The highest BCUT2D eigenvalue weighted by molar-refractivity contribution is 6.21. The van der Waals surface area contributed by atoms with Crippen LogP contribution in [0.4, 0.5) is 0 Å². The van der Waals surface area contributed by atoms with Gasteiger partial charge in [0.25, 0.3) is 0 Å². The zero-order valence-corrected chi connectivity index (χ0v) is 38.9. The van der Waals surface area contributed by atoms with Crippen LogP contribution in [0, 0.1) is 6.92 Å². The van der Waals surface area contributed by atoms with Crippen LogP contribution < -0.4 is 0 Å². The van der Waals surface area contributed by atoms with E-state index in [0.717, 1.165) is 31.3 Å². The van der Waals surface area contributed by atoms with Crippen molar-refractivity contribution in [3.05, 3.63) is 252 Å². The summed E-state index contributed by atoms with van der Waals surface area (Å²) in [7, 11) is 0. The molecule has 65 heavy (non-hydrogen) atoms. The van der Waals surface area contributed by atoms with Gasteiger partial charge >= 0.3 is 0 Å². The van der Waals surface area contributed by atoms with Crippen LogP contribution in [0.15, 0.2) is 218 Å². The molecule has 0 saturated carbocycles. The van der Waals surface area contributed by atoms with Gasteiger partial charge in [-0.25, -0.2) is 0 Å². The molecule has 0 amide bonds. The fourth-order valence-corrected chi connectivity index (χ4v) is 9.26. The number of hydrogen-bond acceptors (Lipinski definition) is 0. The van der Waals surface area contributed by atoms with Crippen molar-refractivity contribution in [3.63, 3.8) is 0 Å². The second kappa shape index (κ2) is 21.1. The van der Waals surface area contributed by atoms with E-state index < -0.39 is 0 Å². The molecule has 2 aliphatic rings. The summed E-state index contributed by atoms with van der Waals surface area (Å²) < 4.78 is 0. The Morgan fingerprint density at radius 1 is 0.477 bits per heavy atom. The van der Waals surface area contributed by atoms with Crippen molar-refractivity contribution in [2.45, 2.75) is 72.6 Å². The summed E-state index contributed by atoms with van der Waals surface area (Å²) in [6.07, 6.45) is 19.3. The maximum Gasteiger partial charge on any atom is 0.00579 e. The highest BCUT2D eigenvalue weighted by Crippen LogP contribution is 2.44. The summed E-state index contributed by atoms with van der Waals surface area (Å²) in [5.41, 5.74) is 19.2. The molecule has 0 heterocycles. The third-order valence-corrected chi connectivity index (χ3v) is 13.0. The van der Waals surface area contributed by atoms with Gasteiger partial charge in [0.2, 0.25) is 0 Å². The zero-order valence-electron chi connectivity index (χ0n) is 38.9. The molecule has 0 nitrogen and oxygen atoms in total. The lowest BCUT2D eigenvalue weighted by molar-refractivity contribution is 0.876. The molecule has 0 fully saturated rings. The van der Waals surface area contributed by atoms with Gasteiger partial charge in [0.1, 0.15) is 0 Å². The summed E-state index contributed by atoms with van der Waals surface area (Å²) in [4.78, 5) is 0. The molecule has 8 aromatic carbocycles. The van der Waals surface area contributed by atoms with Crippen LogP contribution in [0.25, 0.3) is 66.1 Å². The first-order valence-corrected chi connectivity index (χ1v) is 23.8. The average molecular weight is 843 g/mol. The standard InChI is InChI=1S/C54H44.C9H12.C2H6/c1-37-21-22-40(27-32-45-15-7-8-16-48(45)38(37)2)43-28-33-46(34-29-43)53-49-17-9-11-19-51(49)54(52-20-12-10-18-50(52)53)47-35-30-44(31-36-47)42-25-23-41(24-26-42)39-13-5-3-4-6-14-39;1-3-9-6-4-8(2)5-7-9;1-2/h5,7-31,33-36,38H,1,3-4,6,32H2,2H3;4-7H,3H2,1-2H3;1-2H3/b22-21-,40-27+;;. The van der Waals surface area contributed by atoms with Gasteiger partial charge in [-0.05, 0) is 138 Å². The van der Waals surface area contributed by atoms with E-state index in [-0.39, 0.29) is 0 Å². The van der Waals surface area contributed by atoms with Gasteiger partial charge in [-0.2, -0.15) is 0 Å². The third-order valence-electron chi connectivity index (χ3n) is 13.0. The number of benzene rings is 8. The molecule has 0 spiro atoms. The molecule has 0 radical (unpaired) electrons. The van der Waals surface area contributed by atoms with Crippen molar-refractivity contribution in [1.29, 1.82) is 0 Å². The average Bonchev–Trinajstić information content (AvgIpc) is 3.64. The number of rotatable bonds is 6.